The van der Waals surface area contributed by atoms with Crippen molar-refractivity contribution in [1.82, 2.24) is 19.9 Å². The van der Waals surface area contributed by atoms with Gasteiger partial charge in [0.1, 0.15) is 0 Å². The first-order valence-corrected chi connectivity index (χ1v) is 15.5. The summed E-state index contributed by atoms with van der Waals surface area (Å²) in [7, 11) is 0. The molecule has 46 heavy (non-hydrogen) atoms. The number of aromatic nitrogens is 4. The van der Waals surface area contributed by atoms with E-state index in [1.807, 2.05) is 36.9 Å². The lowest BCUT2D eigenvalue weighted by Gasteiger charge is -2.16. The molecule has 0 fully saturated rings. The van der Waals surface area contributed by atoms with Crippen LogP contribution in [-0.2, 0) is 0 Å². The summed E-state index contributed by atoms with van der Waals surface area (Å²) in [5.74, 6) is 0. The van der Waals surface area contributed by atoms with Crippen LogP contribution in [0.15, 0.2) is 146 Å². The Balaban J connectivity index is 1.24. The van der Waals surface area contributed by atoms with Gasteiger partial charge in [-0.2, -0.15) is 0 Å². The topological polar surface area (TPSA) is 51.6 Å². The van der Waals surface area contributed by atoms with Crippen LogP contribution >= 0.6 is 0 Å². The van der Waals surface area contributed by atoms with Crippen molar-refractivity contribution in [3.8, 4) is 22.3 Å². The first kappa shape index (κ1) is 25.1. The highest BCUT2D eigenvalue weighted by atomic mass is 14.7. The molecule has 0 spiro atoms. The molecule has 0 aliphatic heterocycles. The zero-order valence-electron chi connectivity index (χ0n) is 24.6. The fraction of sp³-hybridized carbons (Fsp3) is 0. The molecule has 0 amide bonds. The van der Waals surface area contributed by atoms with Gasteiger partial charge < -0.3 is 0 Å². The molecule has 0 unspecified atom stereocenters. The molecule has 4 heterocycles. The van der Waals surface area contributed by atoms with E-state index >= 15 is 0 Å². The van der Waals surface area contributed by atoms with E-state index in [0.29, 0.717) is 0 Å². The number of benzene rings is 6. The minimum Gasteiger partial charge on any atom is -0.254 e. The molecule has 4 aromatic heterocycles. The summed E-state index contributed by atoms with van der Waals surface area (Å²) in [6.07, 6.45) is 7.67. The second-order valence-corrected chi connectivity index (χ2v) is 11.9. The molecular formula is C42H24N4. The molecule has 0 aliphatic rings. The maximum Gasteiger partial charge on any atom is 0.0964 e. The van der Waals surface area contributed by atoms with Gasteiger partial charge in [-0.25, -0.2) is 0 Å². The maximum atomic E-state index is 4.96. The van der Waals surface area contributed by atoms with Crippen LogP contribution in [0.1, 0.15) is 0 Å². The van der Waals surface area contributed by atoms with Gasteiger partial charge in [-0.3, -0.25) is 19.9 Å². The van der Waals surface area contributed by atoms with Crippen LogP contribution in [0, 0.1) is 0 Å². The summed E-state index contributed by atoms with van der Waals surface area (Å²) in [6, 6.07) is 43.3. The summed E-state index contributed by atoms with van der Waals surface area (Å²) in [6.45, 7) is 0. The van der Waals surface area contributed by atoms with Gasteiger partial charge in [-0.1, -0.05) is 84.9 Å². The SMILES string of the molecule is c1cnc2c(c1)ccc1cc(-c3cc4c5ccccc5c(-c5cnc6c(ccc7cccnc76)c5)cc4c4ccccc34)cnc12. The third kappa shape index (κ3) is 3.67. The first-order valence-electron chi connectivity index (χ1n) is 15.5. The molecule has 0 saturated carbocycles. The van der Waals surface area contributed by atoms with Gasteiger partial charge in [-0.05, 0) is 79.8 Å². The Morgan fingerprint density at radius 3 is 1.20 bits per heavy atom. The highest BCUT2D eigenvalue weighted by molar-refractivity contribution is 6.24. The van der Waals surface area contributed by atoms with Crippen molar-refractivity contribution in [3.05, 3.63) is 146 Å². The van der Waals surface area contributed by atoms with Gasteiger partial charge in [0.05, 0.1) is 22.1 Å². The van der Waals surface area contributed by atoms with Crippen LogP contribution in [0.2, 0.25) is 0 Å². The normalized spacial score (nSPS) is 11.9. The largest absolute Gasteiger partial charge is 0.254 e. The predicted octanol–water partition coefficient (Wildman–Crippen LogP) is 10.7. The number of fused-ring (bicyclic) bond motifs is 11. The van der Waals surface area contributed by atoms with Crippen molar-refractivity contribution in [2.24, 2.45) is 0 Å². The summed E-state index contributed by atoms with van der Waals surface area (Å²) >= 11 is 0. The van der Waals surface area contributed by atoms with E-state index in [1.165, 1.54) is 43.4 Å². The molecule has 4 heteroatoms. The molecule has 10 rings (SSSR count). The first-order chi connectivity index (χ1) is 22.8. The molecule has 10 aromatic rings. The second kappa shape index (κ2) is 9.62. The smallest absolute Gasteiger partial charge is 0.0964 e. The molecule has 212 valence electrons. The van der Waals surface area contributed by atoms with Gasteiger partial charge in [0.2, 0.25) is 0 Å². The molecule has 0 saturated heterocycles. The average Bonchev–Trinajstić information content (AvgIpc) is 3.13. The summed E-state index contributed by atoms with van der Waals surface area (Å²) in [5.41, 5.74) is 8.24. The van der Waals surface area contributed by atoms with E-state index in [1.54, 1.807) is 0 Å². The quantitative estimate of drug-likeness (QED) is 0.190. The molecule has 0 N–H and O–H groups in total. The van der Waals surface area contributed by atoms with Crippen LogP contribution in [0.5, 0.6) is 0 Å². The lowest BCUT2D eigenvalue weighted by molar-refractivity contribution is 1.37. The molecule has 6 aromatic carbocycles. The van der Waals surface area contributed by atoms with Gasteiger partial charge in [0.25, 0.3) is 0 Å². The Kier molecular flexibility index (Phi) is 5.25. The van der Waals surface area contributed by atoms with Crippen LogP contribution in [0.25, 0.3) is 98.2 Å². The third-order valence-electron chi connectivity index (χ3n) is 9.35. The van der Waals surface area contributed by atoms with E-state index in [4.69, 9.17) is 9.97 Å². The maximum absolute atomic E-state index is 4.96. The summed E-state index contributed by atoms with van der Waals surface area (Å²) < 4.78 is 0. The fourth-order valence-electron chi connectivity index (χ4n) is 7.20. The number of nitrogens with zero attached hydrogens (tertiary/aromatic N) is 4. The van der Waals surface area contributed by atoms with Crippen LogP contribution in [0.4, 0.5) is 0 Å². The zero-order valence-corrected chi connectivity index (χ0v) is 24.6. The number of rotatable bonds is 2. The highest BCUT2D eigenvalue weighted by Crippen LogP contribution is 2.42. The summed E-state index contributed by atoms with van der Waals surface area (Å²) in [5, 5.41) is 11.6. The van der Waals surface area contributed by atoms with Gasteiger partial charge in [0, 0.05) is 57.5 Å². The standard InChI is InChI=1S/C42H24N4/c1-3-11-33-31(9-1)35(29-19-27-15-13-25-7-5-17-43-39(25)41(27)45-23-29)21-38-34-12-4-2-10-32(34)36(22-37(33)38)30-20-28-16-14-26-8-6-18-44-40(26)42(28)46-24-30/h1-24H. The molecule has 0 atom stereocenters. The molecule has 4 nitrogen and oxygen atoms in total. The Labute approximate surface area is 263 Å². The highest BCUT2D eigenvalue weighted by Gasteiger charge is 2.16. The Bertz CT molecular complexity index is 2680. The third-order valence-corrected chi connectivity index (χ3v) is 9.35. The van der Waals surface area contributed by atoms with Crippen molar-refractivity contribution >= 4 is 75.9 Å². The Hall–Kier alpha value is -6.26. The van der Waals surface area contributed by atoms with Crippen molar-refractivity contribution < 1.29 is 0 Å². The monoisotopic (exact) mass is 584 g/mol. The van der Waals surface area contributed by atoms with Crippen LogP contribution < -0.4 is 0 Å². The number of hydrogen-bond acceptors (Lipinski definition) is 4. The van der Waals surface area contributed by atoms with Gasteiger partial charge in [0.15, 0.2) is 0 Å². The van der Waals surface area contributed by atoms with Gasteiger partial charge in [-0.15, -0.1) is 0 Å². The van der Waals surface area contributed by atoms with E-state index in [2.05, 4.69) is 119 Å². The zero-order chi connectivity index (χ0) is 30.2. The Morgan fingerprint density at radius 2 is 0.717 bits per heavy atom. The van der Waals surface area contributed by atoms with Crippen molar-refractivity contribution in [2.45, 2.75) is 0 Å². The molecular weight excluding hydrogens is 560 g/mol. The second-order valence-electron chi connectivity index (χ2n) is 11.9. The summed E-state index contributed by atoms with van der Waals surface area (Å²) in [4.78, 5) is 19.2. The Morgan fingerprint density at radius 1 is 0.304 bits per heavy atom. The average molecular weight is 585 g/mol. The van der Waals surface area contributed by atoms with E-state index < -0.39 is 0 Å². The fourth-order valence-corrected chi connectivity index (χ4v) is 7.20. The van der Waals surface area contributed by atoms with E-state index in [9.17, 15) is 0 Å². The van der Waals surface area contributed by atoms with Gasteiger partial charge >= 0.3 is 0 Å². The van der Waals surface area contributed by atoms with Crippen LogP contribution in [0.3, 0.4) is 0 Å². The van der Waals surface area contributed by atoms with Crippen molar-refractivity contribution in [2.75, 3.05) is 0 Å². The predicted molar refractivity (Wildman–Crippen MR) is 191 cm³/mol. The van der Waals surface area contributed by atoms with E-state index in [-0.39, 0.29) is 0 Å². The minimum atomic E-state index is 0.926. The van der Waals surface area contributed by atoms with Crippen molar-refractivity contribution in [3.63, 3.8) is 0 Å². The van der Waals surface area contributed by atoms with Crippen molar-refractivity contribution in [1.29, 1.82) is 0 Å². The van der Waals surface area contributed by atoms with Crippen LogP contribution in [-0.4, -0.2) is 19.9 Å². The lowest BCUT2D eigenvalue weighted by Crippen LogP contribution is -1.91. The van der Waals surface area contributed by atoms with E-state index in [0.717, 1.165) is 54.7 Å². The number of hydrogen-bond donors (Lipinski definition) is 0. The molecule has 0 aliphatic carbocycles. The lowest BCUT2D eigenvalue weighted by atomic mass is 9.88. The molecule has 0 bridgehead atoms. The molecule has 0 radical (unpaired) electrons. The minimum absolute atomic E-state index is 0.926. The number of pyridine rings is 4.